The molecule has 0 fully saturated rings. The molecule has 0 spiro atoms. The highest BCUT2D eigenvalue weighted by Gasteiger charge is 1.94. The molecule has 0 N–H and O–H groups in total. The summed E-state index contributed by atoms with van der Waals surface area (Å²) >= 11 is 0. The SMILES string of the molecule is [CH2]CCCCCCCCCCOCCOCCOCCOC. The molecule has 0 aliphatic carbocycles. The second-order valence-corrected chi connectivity index (χ2v) is 5.51. The van der Waals surface area contributed by atoms with Gasteiger partial charge in [-0.2, -0.15) is 0 Å². The van der Waals surface area contributed by atoms with Gasteiger partial charge in [0.05, 0.1) is 39.6 Å². The van der Waals surface area contributed by atoms with Crippen LogP contribution in [0.4, 0.5) is 0 Å². The molecule has 22 heavy (non-hydrogen) atoms. The predicted octanol–water partition coefficient (Wildman–Crippen LogP) is 4.03. The minimum absolute atomic E-state index is 0.623. The summed E-state index contributed by atoms with van der Waals surface area (Å²) in [5.74, 6) is 0. The van der Waals surface area contributed by atoms with Gasteiger partial charge in [0.15, 0.2) is 0 Å². The van der Waals surface area contributed by atoms with Crippen molar-refractivity contribution in [3.63, 3.8) is 0 Å². The van der Waals surface area contributed by atoms with Crippen LogP contribution in [0.15, 0.2) is 0 Å². The molecule has 0 atom stereocenters. The van der Waals surface area contributed by atoms with E-state index in [9.17, 15) is 0 Å². The average molecular weight is 317 g/mol. The van der Waals surface area contributed by atoms with Crippen molar-refractivity contribution in [3.05, 3.63) is 6.92 Å². The van der Waals surface area contributed by atoms with Gasteiger partial charge in [0.1, 0.15) is 0 Å². The maximum absolute atomic E-state index is 5.55. The van der Waals surface area contributed by atoms with Gasteiger partial charge in [0, 0.05) is 13.7 Å². The Morgan fingerprint density at radius 1 is 0.500 bits per heavy atom. The van der Waals surface area contributed by atoms with E-state index in [1.165, 1.54) is 51.4 Å². The molecule has 0 aliphatic rings. The van der Waals surface area contributed by atoms with E-state index in [2.05, 4.69) is 6.92 Å². The van der Waals surface area contributed by atoms with Gasteiger partial charge in [-0.1, -0.05) is 58.3 Å². The van der Waals surface area contributed by atoms with Crippen molar-refractivity contribution in [2.24, 2.45) is 0 Å². The third-order valence-corrected chi connectivity index (χ3v) is 3.46. The molecule has 0 rings (SSSR count). The fourth-order valence-corrected chi connectivity index (χ4v) is 2.13. The Morgan fingerprint density at radius 3 is 1.41 bits per heavy atom. The zero-order chi connectivity index (χ0) is 16.1. The van der Waals surface area contributed by atoms with E-state index in [1.54, 1.807) is 7.11 Å². The fraction of sp³-hybridized carbons (Fsp3) is 0.944. The van der Waals surface area contributed by atoms with Crippen molar-refractivity contribution in [1.82, 2.24) is 0 Å². The first kappa shape index (κ1) is 21.8. The number of unbranched alkanes of at least 4 members (excludes halogenated alkanes) is 8. The molecule has 4 heteroatoms. The summed E-state index contributed by atoms with van der Waals surface area (Å²) in [7, 11) is 1.67. The molecule has 1 radical (unpaired) electrons. The van der Waals surface area contributed by atoms with Crippen LogP contribution in [-0.4, -0.2) is 53.4 Å². The van der Waals surface area contributed by atoms with E-state index in [4.69, 9.17) is 18.9 Å². The van der Waals surface area contributed by atoms with Crippen LogP contribution in [0.3, 0.4) is 0 Å². The number of rotatable bonds is 19. The fourth-order valence-electron chi connectivity index (χ4n) is 2.13. The second kappa shape index (κ2) is 20.8. The Balaban J connectivity index is 2.91. The normalized spacial score (nSPS) is 11.2. The van der Waals surface area contributed by atoms with E-state index in [-0.39, 0.29) is 0 Å². The first-order valence-corrected chi connectivity index (χ1v) is 8.93. The molecular formula is C18H37O4. The largest absolute Gasteiger partial charge is 0.382 e. The summed E-state index contributed by atoms with van der Waals surface area (Å²) in [6.45, 7) is 8.58. The van der Waals surface area contributed by atoms with E-state index in [0.29, 0.717) is 39.6 Å². The van der Waals surface area contributed by atoms with Crippen LogP contribution in [0.25, 0.3) is 0 Å². The van der Waals surface area contributed by atoms with Crippen molar-refractivity contribution in [2.75, 3.05) is 53.4 Å². The molecule has 0 aliphatic heterocycles. The summed E-state index contributed by atoms with van der Waals surface area (Å²) in [4.78, 5) is 0. The summed E-state index contributed by atoms with van der Waals surface area (Å²) in [5, 5.41) is 0. The van der Waals surface area contributed by atoms with E-state index >= 15 is 0 Å². The molecule has 0 unspecified atom stereocenters. The smallest absolute Gasteiger partial charge is 0.0701 e. The Kier molecular flexibility index (Phi) is 20.7. The lowest BCUT2D eigenvalue weighted by Gasteiger charge is -2.06. The van der Waals surface area contributed by atoms with E-state index < -0.39 is 0 Å². The molecule has 0 saturated carbocycles. The summed E-state index contributed by atoms with van der Waals surface area (Å²) in [5.41, 5.74) is 0. The minimum Gasteiger partial charge on any atom is -0.382 e. The molecule has 0 aromatic rings. The van der Waals surface area contributed by atoms with Crippen molar-refractivity contribution in [1.29, 1.82) is 0 Å². The first-order chi connectivity index (χ1) is 10.9. The number of ether oxygens (including phenoxy) is 4. The second-order valence-electron chi connectivity index (χ2n) is 5.51. The molecule has 0 amide bonds. The Labute approximate surface area is 137 Å². The maximum atomic E-state index is 5.55. The third kappa shape index (κ3) is 19.8. The zero-order valence-corrected chi connectivity index (χ0v) is 14.7. The molecule has 0 saturated heterocycles. The van der Waals surface area contributed by atoms with Gasteiger partial charge in [-0.05, 0) is 6.42 Å². The van der Waals surface area contributed by atoms with Gasteiger partial charge in [-0.15, -0.1) is 0 Å². The van der Waals surface area contributed by atoms with Gasteiger partial charge in [-0.25, -0.2) is 0 Å². The lowest BCUT2D eigenvalue weighted by Crippen LogP contribution is -2.11. The molecule has 4 nitrogen and oxygen atoms in total. The average Bonchev–Trinajstić information content (AvgIpc) is 2.54. The standard InChI is InChI=1S/C18H37O4/c1-3-4-5-6-7-8-9-10-11-12-20-15-16-22-18-17-21-14-13-19-2/h1,3-18H2,2H3. The molecular weight excluding hydrogens is 280 g/mol. The molecule has 0 heterocycles. The van der Waals surface area contributed by atoms with Gasteiger partial charge >= 0.3 is 0 Å². The summed E-state index contributed by atoms with van der Waals surface area (Å²) in [6, 6.07) is 0. The number of methoxy groups -OCH3 is 1. The Hall–Kier alpha value is -0.160. The summed E-state index contributed by atoms with van der Waals surface area (Å²) in [6.07, 6.45) is 11.6. The van der Waals surface area contributed by atoms with E-state index in [0.717, 1.165) is 13.0 Å². The van der Waals surface area contributed by atoms with Crippen LogP contribution in [0, 0.1) is 6.92 Å². The highest BCUT2D eigenvalue weighted by Crippen LogP contribution is 2.09. The van der Waals surface area contributed by atoms with E-state index in [1.807, 2.05) is 0 Å². The van der Waals surface area contributed by atoms with Crippen LogP contribution in [-0.2, 0) is 18.9 Å². The van der Waals surface area contributed by atoms with Crippen molar-refractivity contribution in [3.8, 4) is 0 Å². The number of hydrogen-bond acceptors (Lipinski definition) is 4. The van der Waals surface area contributed by atoms with Gasteiger partial charge in [-0.3, -0.25) is 0 Å². The summed E-state index contributed by atoms with van der Waals surface area (Å²) < 4.78 is 21.1. The van der Waals surface area contributed by atoms with Gasteiger partial charge in [0.25, 0.3) is 0 Å². The van der Waals surface area contributed by atoms with Crippen LogP contribution in [0.2, 0.25) is 0 Å². The monoisotopic (exact) mass is 317 g/mol. The van der Waals surface area contributed by atoms with Gasteiger partial charge < -0.3 is 18.9 Å². The van der Waals surface area contributed by atoms with Crippen molar-refractivity contribution < 1.29 is 18.9 Å². The van der Waals surface area contributed by atoms with Crippen LogP contribution in [0.1, 0.15) is 57.8 Å². The maximum Gasteiger partial charge on any atom is 0.0701 e. The van der Waals surface area contributed by atoms with Crippen molar-refractivity contribution >= 4 is 0 Å². The van der Waals surface area contributed by atoms with Crippen LogP contribution < -0.4 is 0 Å². The predicted molar refractivity (Wildman–Crippen MR) is 91.2 cm³/mol. The first-order valence-electron chi connectivity index (χ1n) is 8.93. The molecule has 0 bridgehead atoms. The minimum atomic E-state index is 0.623. The third-order valence-electron chi connectivity index (χ3n) is 3.46. The highest BCUT2D eigenvalue weighted by molar-refractivity contribution is 4.48. The Morgan fingerprint density at radius 2 is 0.909 bits per heavy atom. The highest BCUT2D eigenvalue weighted by atomic mass is 16.6. The quantitative estimate of drug-likeness (QED) is 0.337. The number of hydrogen-bond donors (Lipinski definition) is 0. The zero-order valence-electron chi connectivity index (χ0n) is 14.7. The molecule has 0 aromatic heterocycles. The topological polar surface area (TPSA) is 36.9 Å². The lowest BCUT2D eigenvalue weighted by molar-refractivity contribution is 0.00323. The molecule has 0 aromatic carbocycles. The Bertz CT molecular complexity index is 168. The van der Waals surface area contributed by atoms with Crippen LogP contribution >= 0.6 is 0 Å². The van der Waals surface area contributed by atoms with Crippen LogP contribution in [0.5, 0.6) is 0 Å². The molecule has 133 valence electrons. The lowest BCUT2D eigenvalue weighted by atomic mass is 10.1. The van der Waals surface area contributed by atoms with Crippen molar-refractivity contribution in [2.45, 2.75) is 57.8 Å². The van der Waals surface area contributed by atoms with Gasteiger partial charge in [0.2, 0.25) is 0 Å².